The number of piperidine rings is 1. The molecular weight excluding hydrogens is 485 g/mol. The Labute approximate surface area is 224 Å². The summed E-state index contributed by atoms with van der Waals surface area (Å²) in [6, 6.07) is 10.7. The third kappa shape index (κ3) is 5.68. The van der Waals surface area contributed by atoms with Gasteiger partial charge in [0, 0.05) is 61.6 Å². The minimum atomic E-state index is -0.267. The van der Waals surface area contributed by atoms with Crippen molar-refractivity contribution in [3.8, 4) is 11.3 Å². The van der Waals surface area contributed by atoms with Crippen LogP contribution in [0.25, 0.3) is 22.3 Å². The predicted octanol–water partition coefficient (Wildman–Crippen LogP) is 6.92. The van der Waals surface area contributed by atoms with Gasteiger partial charge in [0.25, 0.3) is 0 Å². The number of halogens is 1. The maximum Gasteiger partial charge on any atom is 0.222 e. The molecule has 7 heteroatoms. The van der Waals surface area contributed by atoms with E-state index >= 15 is 0 Å². The third-order valence-electron chi connectivity index (χ3n) is 8.15. The Morgan fingerprint density at radius 3 is 2.59 bits per heavy atom. The highest BCUT2D eigenvalue weighted by Crippen LogP contribution is 2.42. The van der Waals surface area contributed by atoms with Gasteiger partial charge < -0.3 is 18.9 Å². The van der Waals surface area contributed by atoms with Crippen molar-refractivity contribution in [3.63, 3.8) is 0 Å². The number of anilines is 1. The number of benzene rings is 2. The summed E-state index contributed by atoms with van der Waals surface area (Å²) in [6.07, 6.45) is 8.96. The fourth-order valence-corrected chi connectivity index (χ4v) is 6.39. The van der Waals surface area contributed by atoms with Gasteiger partial charge >= 0.3 is 0 Å². The molecule has 1 aromatic heterocycles. The Morgan fingerprint density at radius 1 is 1.14 bits per heavy atom. The second-order valence-corrected chi connectivity index (χ2v) is 11.4. The zero-order chi connectivity index (χ0) is 25.9. The van der Waals surface area contributed by atoms with Crippen molar-refractivity contribution in [1.82, 2.24) is 10.2 Å². The third-order valence-corrected chi connectivity index (χ3v) is 8.37. The lowest BCUT2D eigenvalue weighted by molar-refractivity contribution is -0.133. The summed E-state index contributed by atoms with van der Waals surface area (Å²) in [6.45, 7) is 2.23. The molecule has 1 aliphatic carbocycles. The molecule has 1 aliphatic heterocycles. The molecule has 2 aliphatic rings. The van der Waals surface area contributed by atoms with Gasteiger partial charge in [0.05, 0.1) is 5.69 Å². The van der Waals surface area contributed by atoms with Crippen LogP contribution in [0, 0.1) is 11.7 Å². The number of nitrogens with zero attached hydrogens (tertiary/aromatic N) is 2. The number of carbonyl (C=O) groups is 1. The van der Waals surface area contributed by atoms with Crippen molar-refractivity contribution in [2.45, 2.75) is 63.8 Å². The molecule has 1 saturated heterocycles. The largest absolute Gasteiger partial charge is 0.456 e. The zero-order valence-electron chi connectivity index (χ0n) is 21.9. The standard InChI is InChI=1S/C30H38FN3O2S/c1-32-18-26-25-16-24(22-9-6-14-34(19-22)29(35)15-20-7-4-3-5-8-20)27(33(2)37)17-28(25)36-30(26)21-10-12-23(31)13-11-21/h10-13,16-17,20,22,32,37H,3-9,14-15,18-19H2,1-2H3/t22-/m1/s1. The average Bonchev–Trinajstić information content (AvgIpc) is 3.26. The van der Waals surface area contributed by atoms with Crippen molar-refractivity contribution >= 4 is 35.4 Å². The maximum absolute atomic E-state index is 13.6. The smallest absolute Gasteiger partial charge is 0.222 e. The molecule has 2 aromatic carbocycles. The van der Waals surface area contributed by atoms with E-state index in [1.807, 2.05) is 18.4 Å². The number of furan rings is 1. The molecule has 5 nitrogen and oxygen atoms in total. The van der Waals surface area contributed by atoms with Crippen LogP contribution in [0.2, 0.25) is 0 Å². The molecule has 5 rings (SSSR count). The van der Waals surface area contributed by atoms with Crippen molar-refractivity contribution in [3.05, 3.63) is 53.3 Å². The maximum atomic E-state index is 13.6. The molecule has 1 amide bonds. The monoisotopic (exact) mass is 523 g/mol. The minimum absolute atomic E-state index is 0.240. The number of thiol groups is 1. The second-order valence-electron chi connectivity index (χ2n) is 10.8. The van der Waals surface area contributed by atoms with E-state index in [1.165, 1.54) is 49.8 Å². The van der Waals surface area contributed by atoms with Gasteiger partial charge in [0.2, 0.25) is 5.91 Å². The van der Waals surface area contributed by atoms with Crippen LogP contribution < -0.4 is 9.62 Å². The Hall–Kier alpha value is -2.51. The highest BCUT2D eigenvalue weighted by Gasteiger charge is 2.30. The summed E-state index contributed by atoms with van der Waals surface area (Å²) >= 11 is 4.67. The topological polar surface area (TPSA) is 48.7 Å². The molecule has 1 atom stereocenters. The Balaban J connectivity index is 1.48. The number of likely N-dealkylation sites (tertiary alicyclic amines) is 1. The number of hydrogen-bond donors (Lipinski definition) is 2. The van der Waals surface area contributed by atoms with Gasteiger partial charge in [0.1, 0.15) is 17.2 Å². The molecule has 1 saturated carbocycles. The predicted molar refractivity (Wildman–Crippen MR) is 152 cm³/mol. The molecule has 0 radical (unpaired) electrons. The molecule has 2 fully saturated rings. The lowest BCUT2D eigenvalue weighted by Crippen LogP contribution is -2.40. The van der Waals surface area contributed by atoms with E-state index < -0.39 is 0 Å². The highest BCUT2D eigenvalue weighted by atomic mass is 32.1. The lowest BCUT2D eigenvalue weighted by atomic mass is 9.85. The SMILES string of the molecule is CNCc1c(-c2ccc(F)cc2)oc2cc(N(C)S)c([C@@H]3CCCN(C(=O)CC4CCCCC4)C3)cc12. The van der Waals surface area contributed by atoms with Crippen LogP contribution >= 0.6 is 12.8 Å². The average molecular weight is 524 g/mol. The summed E-state index contributed by atoms with van der Waals surface area (Å²) in [5.74, 6) is 1.59. The van der Waals surface area contributed by atoms with Gasteiger partial charge in [0.15, 0.2) is 0 Å². The van der Waals surface area contributed by atoms with Crippen LogP contribution in [-0.2, 0) is 11.3 Å². The number of hydrogen-bond acceptors (Lipinski definition) is 5. The van der Waals surface area contributed by atoms with Gasteiger partial charge in [-0.15, -0.1) is 0 Å². The van der Waals surface area contributed by atoms with Crippen LogP contribution in [-0.4, -0.2) is 38.0 Å². The molecule has 0 bridgehead atoms. The number of carbonyl (C=O) groups excluding carboxylic acids is 1. The second kappa shape index (κ2) is 11.5. The van der Waals surface area contributed by atoms with E-state index in [4.69, 9.17) is 4.42 Å². The first kappa shape index (κ1) is 26.1. The van der Waals surface area contributed by atoms with Gasteiger partial charge in [-0.1, -0.05) is 32.1 Å². The molecule has 0 spiro atoms. The summed E-state index contributed by atoms with van der Waals surface area (Å²) in [5, 5.41) is 4.32. The Kier molecular flexibility index (Phi) is 8.10. The fraction of sp³-hybridized carbons (Fsp3) is 0.500. The number of amides is 1. The van der Waals surface area contributed by atoms with E-state index in [0.717, 1.165) is 59.5 Å². The number of fused-ring (bicyclic) bond motifs is 1. The zero-order valence-corrected chi connectivity index (χ0v) is 22.8. The quantitative estimate of drug-likeness (QED) is 0.330. The van der Waals surface area contributed by atoms with Gasteiger partial charge in [-0.25, -0.2) is 4.39 Å². The van der Waals surface area contributed by atoms with Crippen molar-refractivity contribution in [2.24, 2.45) is 5.92 Å². The summed E-state index contributed by atoms with van der Waals surface area (Å²) in [4.78, 5) is 15.3. The number of nitrogens with one attached hydrogen (secondary N) is 1. The van der Waals surface area contributed by atoms with Crippen LogP contribution in [0.5, 0.6) is 0 Å². The molecule has 0 unspecified atom stereocenters. The molecule has 37 heavy (non-hydrogen) atoms. The summed E-state index contributed by atoms with van der Waals surface area (Å²) in [7, 11) is 3.85. The molecular formula is C30H38FN3O2S. The van der Waals surface area contributed by atoms with Gasteiger partial charge in [-0.3, -0.25) is 4.79 Å². The molecule has 198 valence electrons. The van der Waals surface area contributed by atoms with E-state index in [9.17, 15) is 9.18 Å². The minimum Gasteiger partial charge on any atom is -0.456 e. The van der Waals surface area contributed by atoms with Crippen molar-refractivity contribution in [2.75, 3.05) is 31.5 Å². The lowest BCUT2D eigenvalue weighted by Gasteiger charge is -2.35. The Bertz CT molecular complexity index is 1230. The van der Waals surface area contributed by atoms with E-state index in [-0.39, 0.29) is 11.7 Å². The van der Waals surface area contributed by atoms with Crippen LogP contribution in [0.4, 0.5) is 10.1 Å². The summed E-state index contributed by atoms with van der Waals surface area (Å²) in [5.41, 5.74) is 4.88. The fourth-order valence-electron chi connectivity index (χ4n) is 6.22. The van der Waals surface area contributed by atoms with Gasteiger partial charge in [-0.05, 0) is 74.5 Å². The normalized spacial score (nSPS) is 18.9. The van der Waals surface area contributed by atoms with Crippen molar-refractivity contribution < 1.29 is 13.6 Å². The summed E-state index contributed by atoms with van der Waals surface area (Å²) < 4.78 is 21.8. The van der Waals surface area contributed by atoms with E-state index in [1.54, 1.807) is 12.1 Å². The highest BCUT2D eigenvalue weighted by molar-refractivity contribution is 7.81. The first-order chi connectivity index (χ1) is 17.9. The van der Waals surface area contributed by atoms with Gasteiger partial charge in [-0.2, -0.15) is 0 Å². The van der Waals surface area contributed by atoms with Crippen LogP contribution in [0.1, 0.15) is 68.4 Å². The Morgan fingerprint density at radius 2 is 1.89 bits per heavy atom. The van der Waals surface area contributed by atoms with Crippen LogP contribution in [0.15, 0.2) is 40.8 Å². The van der Waals surface area contributed by atoms with Crippen LogP contribution in [0.3, 0.4) is 0 Å². The molecule has 2 heterocycles. The number of rotatable bonds is 7. The first-order valence-corrected chi connectivity index (χ1v) is 14.0. The molecule has 1 N–H and O–H groups in total. The van der Waals surface area contributed by atoms with E-state index in [2.05, 4.69) is 35.2 Å². The van der Waals surface area contributed by atoms with E-state index in [0.29, 0.717) is 24.8 Å². The molecule has 3 aromatic rings. The first-order valence-electron chi connectivity index (χ1n) is 13.6. The van der Waals surface area contributed by atoms with Crippen molar-refractivity contribution in [1.29, 1.82) is 0 Å².